The number of carbonyl (C=O) groups excluding carboxylic acids is 1. The number of hydrazone groups is 1. The molecule has 2 N–H and O–H groups in total. The molecule has 0 bridgehead atoms. The molecule has 2 aromatic rings. The lowest BCUT2D eigenvalue weighted by atomic mass is 9.87. The molecular formula is C19H21BrN2O3. The van der Waals surface area contributed by atoms with Gasteiger partial charge in [-0.3, -0.25) is 4.79 Å². The maximum Gasteiger partial charge on any atom is 0.277 e. The van der Waals surface area contributed by atoms with Crippen molar-refractivity contribution in [3.8, 4) is 11.5 Å². The third-order valence-corrected chi connectivity index (χ3v) is 3.97. The molecule has 0 aliphatic carbocycles. The maximum absolute atomic E-state index is 11.8. The predicted molar refractivity (Wildman–Crippen MR) is 102 cm³/mol. The lowest BCUT2D eigenvalue weighted by Crippen LogP contribution is -2.24. The first-order valence-corrected chi connectivity index (χ1v) is 8.59. The summed E-state index contributed by atoms with van der Waals surface area (Å²) in [6.07, 6.45) is 1.37. The first-order valence-electron chi connectivity index (χ1n) is 7.79. The van der Waals surface area contributed by atoms with Crippen LogP contribution < -0.4 is 10.2 Å². The van der Waals surface area contributed by atoms with E-state index in [1.165, 1.54) is 17.8 Å². The van der Waals surface area contributed by atoms with E-state index in [0.717, 1.165) is 4.47 Å². The van der Waals surface area contributed by atoms with Gasteiger partial charge in [0.2, 0.25) is 0 Å². The molecule has 0 fully saturated rings. The molecule has 2 aromatic carbocycles. The molecular weight excluding hydrogens is 384 g/mol. The van der Waals surface area contributed by atoms with Crippen LogP contribution in [0.15, 0.2) is 52.0 Å². The van der Waals surface area contributed by atoms with Crippen LogP contribution in [0.2, 0.25) is 0 Å². The molecule has 0 radical (unpaired) electrons. The summed E-state index contributed by atoms with van der Waals surface area (Å²) in [7, 11) is 0. The number of benzene rings is 2. The first-order chi connectivity index (χ1) is 11.8. The molecule has 0 aliphatic rings. The van der Waals surface area contributed by atoms with Gasteiger partial charge in [0.1, 0.15) is 11.5 Å². The van der Waals surface area contributed by atoms with Gasteiger partial charge in [-0.15, -0.1) is 0 Å². The average Bonchev–Trinajstić information content (AvgIpc) is 2.56. The molecule has 2 rings (SSSR count). The zero-order valence-electron chi connectivity index (χ0n) is 14.4. The summed E-state index contributed by atoms with van der Waals surface area (Å²) >= 11 is 3.30. The minimum atomic E-state index is -0.384. The molecule has 0 aliphatic heterocycles. The fourth-order valence-electron chi connectivity index (χ4n) is 2.03. The summed E-state index contributed by atoms with van der Waals surface area (Å²) in [4.78, 5) is 11.8. The number of amides is 1. The molecule has 0 unspecified atom stereocenters. The van der Waals surface area contributed by atoms with Gasteiger partial charge < -0.3 is 9.84 Å². The second-order valence-electron chi connectivity index (χ2n) is 6.56. The number of phenols is 1. The first kappa shape index (κ1) is 19.0. The SMILES string of the molecule is CC(C)(C)c1ccc(OCC(=O)NN=Cc2cc(Br)ccc2O)cc1. The number of nitrogens with one attached hydrogen (secondary N) is 1. The largest absolute Gasteiger partial charge is 0.507 e. The minimum Gasteiger partial charge on any atom is -0.507 e. The van der Waals surface area contributed by atoms with E-state index in [1.54, 1.807) is 12.1 Å². The van der Waals surface area contributed by atoms with Crippen LogP contribution in [0.4, 0.5) is 0 Å². The van der Waals surface area contributed by atoms with Crippen molar-refractivity contribution >= 4 is 28.1 Å². The van der Waals surface area contributed by atoms with Gasteiger partial charge in [-0.2, -0.15) is 5.10 Å². The molecule has 0 atom stereocenters. The van der Waals surface area contributed by atoms with E-state index in [0.29, 0.717) is 11.3 Å². The number of halogens is 1. The highest BCUT2D eigenvalue weighted by Crippen LogP contribution is 2.24. The number of rotatable bonds is 5. The Bertz CT molecular complexity index is 765. The molecule has 6 heteroatoms. The number of aromatic hydroxyl groups is 1. The van der Waals surface area contributed by atoms with Gasteiger partial charge in [0.15, 0.2) is 6.61 Å². The lowest BCUT2D eigenvalue weighted by molar-refractivity contribution is -0.123. The van der Waals surface area contributed by atoms with Crippen LogP contribution in [0.5, 0.6) is 11.5 Å². The van der Waals surface area contributed by atoms with Gasteiger partial charge in [0.25, 0.3) is 5.91 Å². The summed E-state index contributed by atoms with van der Waals surface area (Å²) < 4.78 is 6.24. The van der Waals surface area contributed by atoms with Crippen LogP contribution >= 0.6 is 15.9 Å². The highest BCUT2D eigenvalue weighted by atomic mass is 79.9. The van der Waals surface area contributed by atoms with E-state index in [-0.39, 0.29) is 23.7 Å². The Labute approximate surface area is 155 Å². The summed E-state index contributed by atoms with van der Waals surface area (Å²) in [5.41, 5.74) is 4.13. The minimum absolute atomic E-state index is 0.0720. The smallest absolute Gasteiger partial charge is 0.277 e. The fourth-order valence-corrected chi connectivity index (χ4v) is 2.41. The summed E-state index contributed by atoms with van der Waals surface area (Å²) in [5, 5.41) is 13.5. The van der Waals surface area contributed by atoms with Gasteiger partial charge in [0, 0.05) is 10.0 Å². The lowest BCUT2D eigenvalue weighted by Gasteiger charge is -2.19. The van der Waals surface area contributed by atoms with Crippen LogP contribution in [0.1, 0.15) is 31.9 Å². The van der Waals surface area contributed by atoms with Crippen molar-refractivity contribution in [2.45, 2.75) is 26.2 Å². The number of hydrogen-bond donors (Lipinski definition) is 2. The third kappa shape index (κ3) is 5.90. The van der Waals surface area contributed by atoms with Gasteiger partial charge in [0.05, 0.1) is 6.21 Å². The quantitative estimate of drug-likeness (QED) is 0.584. The van der Waals surface area contributed by atoms with Crippen LogP contribution in [0.25, 0.3) is 0 Å². The van der Waals surface area contributed by atoms with Crippen molar-refractivity contribution in [2.75, 3.05) is 6.61 Å². The molecule has 5 nitrogen and oxygen atoms in total. The Morgan fingerprint density at radius 1 is 1.24 bits per heavy atom. The van der Waals surface area contributed by atoms with Crippen molar-refractivity contribution < 1.29 is 14.6 Å². The molecule has 25 heavy (non-hydrogen) atoms. The normalized spacial score (nSPS) is 11.5. The Morgan fingerprint density at radius 2 is 1.92 bits per heavy atom. The molecule has 1 amide bonds. The highest BCUT2D eigenvalue weighted by Gasteiger charge is 2.13. The standard InChI is InChI=1S/C19H21BrN2O3/c1-19(2,3)14-4-7-16(8-5-14)25-12-18(24)22-21-11-13-10-15(20)6-9-17(13)23/h4-11,23H,12H2,1-3H3,(H,22,24). The number of phenolic OH excluding ortho intramolecular Hbond substituents is 1. The maximum atomic E-state index is 11.8. The summed E-state index contributed by atoms with van der Waals surface area (Å²) in [6, 6.07) is 12.6. The topological polar surface area (TPSA) is 70.9 Å². The van der Waals surface area contributed by atoms with E-state index < -0.39 is 0 Å². The Morgan fingerprint density at radius 3 is 2.56 bits per heavy atom. The second-order valence-corrected chi connectivity index (χ2v) is 7.48. The number of carbonyl (C=O) groups is 1. The molecule has 0 spiro atoms. The number of ether oxygens (including phenoxy) is 1. The zero-order chi connectivity index (χ0) is 18.4. The van der Waals surface area contributed by atoms with Crippen LogP contribution in [0.3, 0.4) is 0 Å². The highest BCUT2D eigenvalue weighted by molar-refractivity contribution is 9.10. The number of nitrogens with zero attached hydrogens (tertiary/aromatic N) is 1. The Balaban J connectivity index is 1.84. The molecule has 0 heterocycles. The van der Waals surface area contributed by atoms with Crippen molar-refractivity contribution in [1.29, 1.82) is 0 Å². The van der Waals surface area contributed by atoms with Crippen molar-refractivity contribution in [1.82, 2.24) is 5.43 Å². The molecule has 132 valence electrons. The van der Waals surface area contributed by atoms with Crippen molar-refractivity contribution in [2.24, 2.45) is 5.10 Å². The van der Waals surface area contributed by atoms with Gasteiger partial charge in [-0.05, 0) is 41.3 Å². The third-order valence-electron chi connectivity index (χ3n) is 3.47. The van der Waals surface area contributed by atoms with Gasteiger partial charge in [-0.25, -0.2) is 5.43 Å². The van der Waals surface area contributed by atoms with E-state index >= 15 is 0 Å². The fraction of sp³-hybridized carbons (Fsp3) is 0.263. The summed E-state index contributed by atoms with van der Waals surface area (Å²) in [5.74, 6) is 0.318. The van der Waals surface area contributed by atoms with Crippen LogP contribution in [-0.4, -0.2) is 23.8 Å². The van der Waals surface area contributed by atoms with E-state index in [4.69, 9.17) is 4.74 Å². The second kappa shape index (κ2) is 8.16. The van der Waals surface area contributed by atoms with E-state index in [9.17, 15) is 9.90 Å². The monoisotopic (exact) mass is 404 g/mol. The zero-order valence-corrected chi connectivity index (χ0v) is 16.0. The Hall–Kier alpha value is -2.34. The molecule has 0 saturated carbocycles. The van der Waals surface area contributed by atoms with E-state index in [2.05, 4.69) is 47.2 Å². The van der Waals surface area contributed by atoms with Crippen LogP contribution in [0, 0.1) is 0 Å². The molecule has 0 saturated heterocycles. The van der Waals surface area contributed by atoms with Gasteiger partial charge >= 0.3 is 0 Å². The van der Waals surface area contributed by atoms with Crippen LogP contribution in [-0.2, 0) is 10.2 Å². The van der Waals surface area contributed by atoms with Crippen molar-refractivity contribution in [3.05, 3.63) is 58.1 Å². The predicted octanol–water partition coefficient (Wildman–Crippen LogP) is 3.98. The Kier molecular flexibility index (Phi) is 6.20. The van der Waals surface area contributed by atoms with Crippen molar-refractivity contribution in [3.63, 3.8) is 0 Å². The molecule has 0 aromatic heterocycles. The number of hydrogen-bond acceptors (Lipinski definition) is 4. The van der Waals surface area contributed by atoms with Gasteiger partial charge in [-0.1, -0.05) is 48.8 Å². The average molecular weight is 405 g/mol. The summed E-state index contributed by atoms with van der Waals surface area (Å²) in [6.45, 7) is 6.27. The van der Waals surface area contributed by atoms with E-state index in [1.807, 2.05) is 24.3 Å².